The second-order valence-electron chi connectivity index (χ2n) is 5.60. The Labute approximate surface area is 125 Å². The Hall–Kier alpha value is -1.39. The minimum atomic E-state index is -0.353. The van der Waals surface area contributed by atoms with Crippen LogP contribution in [-0.4, -0.2) is 10.1 Å². The van der Waals surface area contributed by atoms with Gasteiger partial charge in [0.15, 0.2) is 5.82 Å². The van der Waals surface area contributed by atoms with E-state index < -0.39 is 0 Å². The Balaban J connectivity index is 0.00000147. The van der Waals surface area contributed by atoms with Crippen molar-refractivity contribution < 1.29 is 4.52 Å². The van der Waals surface area contributed by atoms with E-state index in [1.165, 1.54) is 11.1 Å². The van der Waals surface area contributed by atoms with Crippen molar-refractivity contribution in [3.05, 3.63) is 47.1 Å². The molecule has 1 unspecified atom stereocenters. The first-order chi connectivity index (χ1) is 9.08. The first-order valence-corrected chi connectivity index (χ1v) is 6.78. The Bertz CT molecular complexity index is 592. The molecule has 20 heavy (non-hydrogen) atoms. The van der Waals surface area contributed by atoms with Gasteiger partial charge in [0, 0.05) is 0 Å². The Morgan fingerprint density at radius 1 is 1.35 bits per heavy atom. The van der Waals surface area contributed by atoms with Crippen molar-refractivity contribution >= 4 is 12.4 Å². The third-order valence-corrected chi connectivity index (χ3v) is 4.05. The molecule has 108 valence electrons. The van der Waals surface area contributed by atoms with E-state index in [1.54, 1.807) is 0 Å². The van der Waals surface area contributed by atoms with Gasteiger partial charge in [-0.05, 0) is 38.7 Å². The minimum absolute atomic E-state index is 0. The van der Waals surface area contributed by atoms with Crippen molar-refractivity contribution in [2.75, 3.05) is 0 Å². The number of hydrogen-bond donors (Lipinski definition) is 1. The van der Waals surface area contributed by atoms with Gasteiger partial charge in [-0.3, -0.25) is 0 Å². The van der Waals surface area contributed by atoms with E-state index in [4.69, 9.17) is 10.3 Å². The predicted molar refractivity (Wildman–Crippen MR) is 80.0 cm³/mol. The summed E-state index contributed by atoms with van der Waals surface area (Å²) in [7, 11) is 0. The topological polar surface area (TPSA) is 64.9 Å². The van der Waals surface area contributed by atoms with Crippen LogP contribution in [0.2, 0.25) is 0 Å². The Morgan fingerprint density at radius 3 is 2.70 bits per heavy atom. The molecular weight excluding hydrogens is 274 g/mol. The number of benzene rings is 1. The van der Waals surface area contributed by atoms with Crippen LogP contribution in [0, 0.1) is 6.92 Å². The molecular formula is C15H20ClN3O. The molecule has 1 aliphatic carbocycles. The Kier molecular flexibility index (Phi) is 4.16. The van der Waals surface area contributed by atoms with Gasteiger partial charge in [0.1, 0.15) is 0 Å². The van der Waals surface area contributed by atoms with Crippen molar-refractivity contribution in [1.29, 1.82) is 0 Å². The molecule has 1 heterocycles. The van der Waals surface area contributed by atoms with Crippen LogP contribution < -0.4 is 5.73 Å². The van der Waals surface area contributed by atoms with Crippen LogP contribution in [0.3, 0.4) is 0 Å². The molecule has 1 aromatic carbocycles. The summed E-state index contributed by atoms with van der Waals surface area (Å²) in [5.41, 5.74) is 8.29. The molecule has 1 saturated carbocycles. The molecule has 0 amide bonds. The molecule has 0 bridgehead atoms. The van der Waals surface area contributed by atoms with Gasteiger partial charge < -0.3 is 10.3 Å². The Morgan fingerprint density at radius 2 is 2.10 bits per heavy atom. The number of halogens is 1. The summed E-state index contributed by atoms with van der Waals surface area (Å²) in [4.78, 5) is 4.51. The molecule has 0 saturated heterocycles. The molecule has 3 rings (SSSR count). The van der Waals surface area contributed by atoms with E-state index >= 15 is 0 Å². The smallest absolute Gasteiger partial charge is 0.233 e. The lowest BCUT2D eigenvalue weighted by Crippen LogP contribution is -2.44. The third-order valence-electron chi connectivity index (χ3n) is 4.05. The van der Waals surface area contributed by atoms with Crippen LogP contribution in [0.1, 0.15) is 54.9 Å². The van der Waals surface area contributed by atoms with E-state index in [2.05, 4.69) is 48.3 Å². The van der Waals surface area contributed by atoms with Crippen molar-refractivity contribution in [3.8, 4) is 0 Å². The molecule has 0 aliphatic heterocycles. The van der Waals surface area contributed by atoms with Crippen LogP contribution in [-0.2, 0) is 5.54 Å². The summed E-state index contributed by atoms with van der Waals surface area (Å²) in [5, 5.41) is 4.07. The molecule has 0 radical (unpaired) electrons. The summed E-state index contributed by atoms with van der Waals surface area (Å²) in [6.45, 7) is 4.16. The van der Waals surface area contributed by atoms with Gasteiger partial charge in [-0.2, -0.15) is 4.98 Å². The second-order valence-corrected chi connectivity index (χ2v) is 5.60. The van der Waals surface area contributed by atoms with Crippen LogP contribution in [0.4, 0.5) is 0 Å². The zero-order chi connectivity index (χ0) is 13.5. The largest absolute Gasteiger partial charge is 0.339 e. The number of aromatic nitrogens is 2. The summed E-state index contributed by atoms with van der Waals surface area (Å²) in [6.07, 6.45) is 3.05. The fraction of sp³-hybridized carbons (Fsp3) is 0.467. The number of rotatable bonds is 3. The molecule has 1 aliphatic rings. The molecule has 2 N–H and O–H groups in total. The zero-order valence-electron chi connectivity index (χ0n) is 11.8. The number of nitrogens with two attached hydrogens (primary N) is 1. The van der Waals surface area contributed by atoms with Gasteiger partial charge in [-0.15, -0.1) is 12.4 Å². The van der Waals surface area contributed by atoms with E-state index in [0.717, 1.165) is 19.3 Å². The van der Waals surface area contributed by atoms with Crippen molar-refractivity contribution in [1.82, 2.24) is 10.1 Å². The number of hydrogen-bond acceptors (Lipinski definition) is 4. The van der Waals surface area contributed by atoms with E-state index in [1.807, 2.05) is 0 Å². The summed E-state index contributed by atoms with van der Waals surface area (Å²) in [6, 6.07) is 8.37. The maximum Gasteiger partial charge on any atom is 0.233 e. The molecule has 1 fully saturated rings. The van der Waals surface area contributed by atoms with E-state index in [0.29, 0.717) is 11.7 Å². The zero-order valence-corrected chi connectivity index (χ0v) is 12.6. The monoisotopic (exact) mass is 293 g/mol. The molecule has 1 aromatic heterocycles. The van der Waals surface area contributed by atoms with Gasteiger partial charge in [0.25, 0.3) is 0 Å². The third kappa shape index (κ3) is 2.58. The standard InChI is InChI=1S/C15H19N3O.ClH/c1-10-5-3-6-12(9-10)11(2)13-17-14(18-19-13)15(16)7-4-8-15;/h3,5-6,9,11H,4,7-8,16H2,1-2H3;1H. The SMILES string of the molecule is Cc1cccc(C(C)c2nc(C3(N)CCC3)no2)c1.Cl. The number of nitrogens with zero attached hydrogens (tertiary/aromatic N) is 2. The lowest BCUT2D eigenvalue weighted by molar-refractivity contribution is 0.228. The number of aryl methyl sites for hydroxylation is 1. The maximum absolute atomic E-state index is 6.22. The van der Waals surface area contributed by atoms with Gasteiger partial charge in [-0.25, -0.2) is 0 Å². The van der Waals surface area contributed by atoms with Crippen molar-refractivity contribution in [2.45, 2.75) is 44.6 Å². The summed E-state index contributed by atoms with van der Waals surface area (Å²) < 4.78 is 5.40. The lowest BCUT2D eigenvalue weighted by atomic mass is 9.77. The van der Waals surface area contributed by atoms with Crippen molar-refractivity contribution in [3.63, 3.8) is 0 Å². The molecule has 0 spiro atoms. The van der Waals surface area contributed by atoms with Gasteiger partial charge >= 0.3 is 0 Å². The van der Waals surface area contributed by atoms with Gasteiger partial charge in [0.05, 0.1) is 11.5 Å². The van der Waals surface area contributed by atoms with Crippen molar-refractivity contribution in [2.24, 2.45) is 5.73 Å². The van der Waals surface area contributed by atoms with Crippen LogP contribution >= 0.6 is 12.4 Å². The predicted octanol–water partition coefficient (Wildman–Crippen LogP) is 3.29. The van der Waals surface area contributed by atoms with Crippen LogP contribution in [0.25, 0.3) is 0 Å². The first-order valence-electron chi connectivity index (χ1n) is 6.78. The lowest BCUT2D eigenvalue weighted by Gasteiger charge is -2.34. The highest BCUT2D eigenvalue weighted by molar-refractivity contribution is 5.85. The maximum atomic E-state index is 6.22. The van der Waals surface area contributed by atoms with Gasteiger partial charge in [-0.1, -0.05) is 35.0 Å². The normalized spacial score (nSPS) is 17.9. The highest BCUT2D eigenvalue weighted by atomic mass is 35.5. The average Bonchev–Trinajstić information content (AvgIpc) is 2.85. The highest BCUT2D eigenvalue weighted by Crippen LogP contribution is 2.37. The van der Waals surface area contributed by atoms with Crippen LogP contribution in [0.15, 0.2) is 28.8 Å². The summed E-state index contributed by atoms with van der Waals surface area (Å²) >= 11 is 0. The second kappa shape index (κ2) is 5.54. The average molecular weight is 294 g/mol. The quantitative estimate of drug-likeness (QED) is 0.943. The minimum Gasteiger partial charge on any atom is -0.339 e. The first kappa shape index (κ1) is 15.0. The molecule has 2 aromatic rings. The fourth-order valence-corrected chi connectivity index (χ4v) is 2.48. The molecule has 4 nitrogen and oxygen atoms in total. The van der Waals surface area contributed by atoms with E-state index in [-0.39, 0.29) is 23.9 Å². The molecule has 5 heteroatoms. The van der Waals surface area contributed by atoms with Gasteiger partial charge in [0.2, 0.25) is 5.89 Å². The fourth-order valence-electron chi connectivity index (χ4n) is 2.48. The molecule has 1 atom stereocenters. The van der Waals surface area contributed by atoms with Crippen LogP contribution in [0.5, 0.6) is 0 Å². The van der Waals surface area contributed by atoms with E-state index in [9.17, 15) is 0 Å². The summed E-state index contributed by atoms with van der Waals surface area (Å²) in [5.74, 6) is 1.41. The highest BCUT2D eigenvalue weighted by Gasteiger charge is 2.39.